The van der Waals surface area contributed by atoms with Gasteiger partial charge in [0.2, 0.25) is 11.8 Å². The highest BCUT2D eigenvalue weighted by molar-refractivity contribution is 5.99. The van der Waals surface area contributed by atoms with Gasteiger partial charge < -0.3 is 15.6 Å². The molecule has 0 aliphatic rings. The molecule has 3 amide bonds. The quantitative estimate of drug-likeness (QED) is 0.216. The second-order valence-electron chi connectivity index (χ2n) is 8.41. The standard InChI is InChI=1S/C26H32N4O4/c1-3-7-17(8-4-2)24(31)29-23(15-19-16-27-22-10-6-5-9-21(19)22)26(33)28-20-13-11-18(12-14-20)25(32)30-34/h5-6,9-14,16-17,23,27,34H,3-4,7-8,15H2,1-2H3,(H,28,33)(H,29,31)(H,30,32)/t23-/m0/s1. The first-order valence-corrected chi connectivity index (χ1v) is 11.7. The third-order valence-corrected chi connectivity index (χ3v) is 5.89. The largest absolute Gasteiger partial charge is 0.361 e. The van der Waals surface area contributed by atoms with E-state index in [1.165, 1.54) is 12.1 Å². The molecule has 0 bridgehead atoms. The summed E-state index contributed by atoms with van der Waals surface area (Å²) < 4.78 is 0. The minimum absolute atomic E-state index is 0.112. The zero-order valence-corrected chi connectivity index (χ0v) is 19.6. The van der Waals surface area contributed by atoms with E-state index < -0.39 is 11.9 Å². The first-order valence-electron chi connectivity index (χ1n) is 11.7. The summed E-state index contributed by atoms with van der Waals surface area (Å²) in [6.45, 7) is 4.10. The van der Waals surface area contributed by atoms with Crippen LogP contribution in [0.25, 0.3) is 10.9 Å². The minimum Gasteiger partial charge on any atom is -0.361 e. The Morgan fingerprint density at radius 2 is 1.62 bits per heavy atom. The van der Waals surface area contributed by atoms with E-state index >= 15 is 0 Å². The summed E-state index contributed by atoms with van der Waals surface area (Å²) in [7, 11) is 0. The Labute approximate surface area is 199 Å². The van der Waals surface area contributed by atoms with Crippen LogP contribution in [0.5, 0.6) is 0 Å². The molecule has 1 aromatic heterocycles. The number of H-pyrrole nitrogens is 1. The minimum atomic E-state index is -0.775. The number of hydrogen-bond acceptors (Lipinski definition) is 4. The number of hydroxylamine groups is 1. The monoisotopic (exact) mass is 464 g/mol. The van der Waals surface area contributed by atoms with Crippen LogP contribution in [0.3, 0.4) is 0 Å². The molecule has 5 N–H and O–H groups in total. The molecule has 0 unspecified atom stereocenters. The average molecular weight is 465 g/mol. The third-order valence-electron chi connectivity index (χ3n) is 5.89. The van der Waals surface area contributed by atoms with E-state index in [1.54, 1.807) is 17.6 Å². The van der Waals surface area contributed by atoms with Gasteiger partial charge in [0.1, 0.15) is 6.04 Å². The van der Waals surface area contributed by atoms with Crippen LogP contribution >= 0.6 is 0 Å². The maximum absolute atomic E-state index is 13.3. The molecule has 1 heterocycles. The topological polar surface area (TPSA) is 123 Å². The van der Waals surface area contributed by atoms with E-state index in [1.807, 2.05) is 44.3 Å². The predicted molar refractivity (Wildman–Crippen MR) is 132 cm³/mol. The maximum Gasteiger partial charge on any atom is 0.274 e. The lowest BCUT2D eigenvalue weighted by atomic mass is 9.96. The highest BCUT2D eigenvalue weighted by atomic mass is 16.5. The molecule has 0 radical (unpaired) electrons. The van der Waals surface area contributed by atoms with Gasteiger partial charge in [-0.3, -0.25) is 19.6 Å². The number of hydrogen-bond donors (Lipinski definition) is 5. The molecule has 0 spiro atoms. The predicted octanol–water partition coefficient (Wildman–Crippen LogP) is 4.17. The van der Waals surface area contributed by atoms with Crippen molar-refractivity contribution in [3.8, 4) is 0 Å². The van der Waals surface area contributed by atoms with Crippen LogP contribution in [0.4, 0.5) is 5.69 Å². The number of benzene rings is 2. The normalized spacial score (nSPS) is 11.9. The van der Waals surface area contributed by atoms with Crippen LogP contribution in [0.2, 0.25) is 0 Å². The van der Waals surface area contributed by atoms with Gasteiger partial charge in [-0.05, 0) is 48.7 Å². The molecule has 0 aliphatic heterocycles. The van der Waals surface area contributed by atoms with Gasteiger partial charge in [0, 0.05) is 40.7 Å². The average Bonchev–Trinajstić information content (AvgIpc) is 3.26. The SMILES string of the molecule is CCCC(CCC)C(=O)N[C@@H](Cc1c[nH]c2ccccc12)C(=O)Nc1ccc(C(=O)NO)cc1. The highest BCUT2D eigenvalue weighted by Crippen LogP contribution is 2.21. The molecule has 0 saturated carbocycles. The van der Waals surface area contributed by atoms with Crippen molar-refractivity contribution in [2.45, 2.75) is 52.0 Å². The lowest BCUT2D eigenvalue weighted by Gasteiger charge is -2.22. The second kappa shape index (κ2) is 12.0. The number of nitrogens with one attached hydrogen (secondary N) is 4. The van der Waals surface area contributed by atoms with Gasteiger partial charge in [0.15, 0.2) is 0 Å². The van der Waals surface area contributed by atoms with Crippen molar-refractivity contribution in [3.05, 3.63) is 65.9 Å². The van der Waals surface area contributed by atoms with Crippen LogP contribution in [0.1, 0.15) is 55.5 Å². The smallest absolute Gasteiger partial charge is 0.274 e. The number of carbonyl (C=O) groups excluding carboxylic acids is 3. The summed E-state index contributed by atoms with van der Waals surface area (Å²) in [5, 5.41) is 15.6. The molecule has 0 fully saturated rings. The lowest BCUT2D eigenvalue weighted by molar-refractivity contribution is -0.129. The van der Waals surface area contributed by atoms with E-state index in [9.17, 15) is 14.4 Å². The van der Waals surface area contributed by atoms with E-state index in [0.29, 0.717) is 12.1 Å². The van der Waals surface area contributed by atoms with Gasteiger partial charge in [-0.2, -0.15) is 0 Å². The van der Waals surface area contributed by atoms with Crippen LogP contribution in [-0.4, -0.2) is 34.0 Å². The van der Waals surface area contributed by atoms with E-state index in [4.69, 9.17) is 5.21 Å². The zero-order chi connectivity index (χ0) is 24.5. The molecule has 8 nitrogen and oxygen atoms in total. The van der Waals surface area contributed by atoms with Crippen LogP contribution in [-0.2, 0) is 16.0 Å². The Balaban J connectivity index is 1.81. The number of anilines is 1. The number of carbonyl (C=O) groups is 3. The van der Waals surface area contributed by atoms with E-state index in [0.717, 1.165) is 42.1 Å². The Kier molecular flexibility index (Phi) is 8.81. The van der Waals surface area contributed by atoms with Crippen molar-refractivity contribution >= 4 is 34.3 Å². The van der Waals surface area contributed by atoms with Crippen LogP contribution in [0, 0.1) is 5.92 Å². The summed E-state index contributed by atoms with van der Waals surface area (Å²) >= 11 is 0. The van der Waals surface area contributed by atoms with Crippen molar-refractivity contribution in [1.29, 1.82) is 0 Å². The van der Waals surface area contributed by atoms with Gasteiger partial charge in [0.25, 0.3) is 5.91 Å². The second-order valence-corrected chi connectivity index (χ2v) is 8.41. The van der Waals surface area contributed by atoms with Gasteiger partial charge in [0.05, 0.1) is 0 Å². The Bertz CT molecular complexity index is 1120. The fourth-order valence-electron chi connectivity index (χ4n) is 4.12. The molecule has 3 aromatic rings. The molecular formula is C26H32N4O4. The number of fused-ring (bicyclic) bond motifs is 1. The number of rotatable bonds is 11. The van der Waals surface area contributed by atoms with Gasteiger partial charge in [-0.1, -0.05) is 44.9 Å². The van der Waals surface area contributed by atoms with Crippen LogP contribution in [0.15, 0.2) is 54.7 Å². The van der Waals surface area contributed by atoms with Gasteiger partial charge in [-0.15, -0.1) is 0 Å². The molecule has 34 heavy (non-hydrogen) atoms. The summed E-state index contributed by atoms with van der Waals surface area (Å²) in [5.41, 5.74) is 4.22. The molecular weight excluding hydrogens is 432 g/mol. The molecule has 1 atom stereocenters. The van der Waals surface area contributed by atoms with Crippen molar-refractivity contribution in [2.24, 2.45) is 5.92 Å². The van der Waals surface area contributed by atoms with Crippen molar-refractivity contribution in [2.75, 3.05) is 5.32 Å². The first kappa shape index (κ1) is 25.0. The fraction of sp³-hybridized carbons (Fsp3) is 0.346. The Morgan fingerprint density at radius 3 is 2.26 bits per heavy atom. The van der Waals surface area contributed by atoms with Crippen LogP contribution < -0.4 is 16.1 Å². The summed E-state index contributed by atoms with van der Waals surface area (Å²) in [4.78, 5) is 41.1. The van der Waals surface area contributed by atoms with Gasteiger partial charge >= 0.3 is 0 Å². The van der Waals surface area contributed by atoms with Crippen molar-refractivity contribution in [3.63, 3.8) is 0 Å². The zero-order valence-electron chi connectivity index (χ0n) is 19.6. The van der Waals surface area contributed by atoms with E-state index in [2.05, 4.69) is 15.6 Å². The first-order chi connectivity index (χ1) is 16.5. The molecule has 2 aromatic carbocycles. The Hall–Kier alpha value is -3.65. The summed E-state index contributed by atoms with van der Waals surface area (Å²) in [6, 6.07) is 13.2. The number of aromatic amines is 1. The molecule has 0 aliphatic carbocycles. The number of para-hydroxylation sites is 1. The van der Waals surface area contributed by atoms with Crippen molar-refractivity contribution in [1.82, 2.24) is 15.8 Å². The highest BCUT2D eigenvalue weighted by Gasteiger charge is 2.26. The molecule has 0 saturated heterocycles. The van der Waals surface area contributed by atoms with E-state index in [-0.39, 0.29) is 23.3 Å². The lowest BCUT2D eigenvalue weighted by Crippen LogP contribution is -2.47. The third kappa shape index (κ3) is 6.23. The molecule has 8 heteroatoms. The number of amides is 3. The van der Waals surface area contributed by atoms with Gasteiger partial charge in [-0.25, -0.2) is 5.48 Å². The maximum atomic E-state index is 13.3. The fourth-order valence-corrected chi connectivity index (χ4v) is 4.12. The summed E-state index contributed by atoms with van der Waals surface area (Å²) in [5.74, 6) is -1.23. The Morgan fingerprint density at radius 1 is 0.941 bits per heavy atom. The molecule has 180 valence electrons. The summed E-state index contributed by atoms with van der Waals surface area (Å²) in [6.07, 6.45) is 5.54. The number of aromatic nitrogens is 1. The van der Waals surface area contributed by atoms with Crippen molar-refractivity contribution < 1.29 is 19.6 Å². The molecule has 3 rings (SSSR count).